The maximum atomic E-state index is 5.93. The molecule has 1 heterocycles. The molecule has 6 heteroatoms. The van der Waals surface area contributed by atoms with Crippen LogP contribution in [0.1, 0.15) is 42.7 Å². The van der Waals surface area contributed by atoms with Gasteiger partial charge in [-0.25, -0.2) is 0 Å². The summed E-state index contributed by atoms with van der Waals surface area (Å²) in [6, 6.07) is 7.64. The number of benzene rings is 1. The van der Waals surface area contributed by atoms with E-state index in [1.807, 2.05) is 18.2 Å². The van der Waals surface area contributed by atoms with Gasteiger partial charge in [0.2, 0.25) is 0 Å². The molecule has 0 radical (unpaired) electrons. The fourth-order valence-corrected chi connectivity index (χ4v) is 2.99. The first-order valence-corrected chi connectivity index (χ1v) is 8.36. The molecule has 1 atom stereocenters. The Hall–Kier alpha value is -1.17. The van der Waals surface area contributed by atoms with E-state index < -0.39 is 0 Å². The van der Waals surface area contributed by atoms with E-state index in [1.165, 1.54) is 0 Å². The molecule has 21 heavy (non-hydrogen) atoms. The lowest BCUT2D eigenvalue weighted by molar-refractivity contribution is 0.304. The summed E-state index contributed by atoms with van der Waals surface area (Å²) in [5, 5.41) is 14.5. The van der Waals surface area contributed by atoms with Crippen LogP contribution in [0.15, 0.2) is 24.3 Å². The SMILES string of the molecule is CCCNC(CC)c1nnc(COc2cccc(Cl)c2)s1. The molecule has 0 bridgehead atoms. The van der Waals surface area contributed by atoms with Gasteiger partial charge in [-0.05, 0) is 37.6 Å². The largest absolute Gasteiger partial charge is 0.486 e. The summed E-state index contributed by atoms with van der Waals surface area (Å²) in [6.07, 6.45) is 2.11. The summed E-state index contributed by atoms with van der Waals surface area (Å²) in [6.45, 7) is 5.72. The molecular weight excluding hydrogens is 306 g/mol. The second kappa shape index (κ2) is 8.32. The molecule has 0 aliphatic rings. The minimum absolute atomic E-state index is 0.280. The predicted octanol–water partition coefficient (Wildman–Crippen LogP) is 4.22. The maximum absolute atomic E-state index is 5.93. The Bertz CT molecular complexity index is 561. The van der Waals surface area contributed by atoms with Crippen molar-refractivity contribution in [3.63, 3.8) is 0 Å². The second-order valence-corrected chi connectivity index (χ2v) is 6.23. The third kappa shape index (κ3) is 4.95. The van der Waals surface area contributed by atoms with Crippen molar-refractivity contribution in [3.8, 4) is 5.75 Å². The monoisotopic (exact) mass is 325 g/mol. The van der Waals surface area contributed by atoms with Crippen molar-refractivity contribution < 1.29 is 4.74 Å². The van der Waals surface area contributed by atoms with Gasteiger partial charge in [0.1, 0.15) is 17.4 Å². The molecule has 1 unspecified atom stereocenters. The van der Waals surface area contributed by atoms with Gasteiger partial charge < -0.3 is 10.1 Å². The van der Waals surface area contributed by atoms with Crippen LogP contribution in [0.4, 0.5) is 0 Å². The predicted molar refractivity (Wildman–Crippen MR) is 87.0 cm³/mol. The summed E-state index contributed by atoms with van der Waals surface area (Å²) < 4.78 is 5.68. The number of nitrogens with one attached hydrogen (secondary N) is 1. The highest BCUT2D eigenvalue weighted by Gasteiger charge is 2.14. The highest BCUT2D eigenvalue weighted by atomic mass is 35.5. The summed E-state index contributed by atoms with van der Waals surface area (Å²) in [4.78, 5) is 0. The number of ether oxygens (including phenoxy) is 1. The molecule has 0 saturated heterocycles. The van der Waals surface area contributed by atoms with Crippen molar-refractivity contribution >= 4 is 22.9 Å². The van der Waals surface area contributed by atoms with E-state index in [2.05, 4.69) is 29.4 Å². The molecule has 0 fully saturated rings. The van der Waals surface area contributed by atoms with Gasteiger partial charge in [0.05, 0.1) is 6.04 Å². The van der Waals surface area contributed by atoms with Crippen molar-refractivity contribution in [3.05, 3.63) is 39.3 Å². The van der Waals surface area contributed by atoms with Gasteiger partial charge in [0.25, 0.3) is 0 Å². The number of aromatic nitrogens is 2. The molecule has 0 amide bonds. The Morgan fingerprint density at radius 3 is 2.90 bits per heavy atom. The zero-order valence-corrected chi connectivity index (χ0v) is 13.9. The lowest BCUT2D eigenvalue weighted by Gasteiger charge is -2.12. The minimum Gasteiger partial charge on any atom is -0.486 e. The zero-order chi connectivity index (χ0) is 15.1. The number of rotatable bonds is 8. The van der Waals surface area contributed by atoms with Crippen molar-refractivity contribution in [2.45, 2.75) is 39.3 Å². The lowest BCUT2D eigenvalue weighted by atomic mass is 10.2. The highest BCUT2D eigenvalue weighted by Crippen LogP contribution is 2.23. The molecule has 1 N–H and O–H groups in total. The van der Waals surface area contributed by atoms with Gasteiger partial charge in [-0.1, -0.05) is 42.9 Å². The lowest BCUT2D eigenvalue weighted by Crippen LogP contribution is -2.21. The molecule has 4 nitrogen and oxygen atoms in total. The van der Waals surface area contributed by atoms with Crippen LogP contribution in [0, 0.1) is 0 Å². The molecule has 114 valence electrons. The van der Waals surface area contributed by atoms with Crippen molar-refractivity contribution in [2.75, 3.05) is 6.54 Å². The topological polar surface area (TPSA) is 47.0 Å². The van der Waals surface area contributed by atoms with Crippen LogP contribution < -0.4 is 10.1 Å². The fourth-order valence-electron chi connectivity index (χ4n) is 1.89. The first kappa shape index (κ1) is 16.2. The molecular formula is C15H20ClN3OS. The van der Waals surface area contributed by atoms with Gasteiger partial charge in [0, 0.05) is 5.02 Å². The summed E-state index contributed by atoms with van der Waals surface area (Å²) in [5.41, 5.74) is 0. The van der Waals surface area contributed by atoms with Crippen LogP contribution in [0.2, 0.25) is 5.02 Å². The smallest absolute Gasteiger partial charge is 0.155 e. The van der Waals surface area contributed by atoms with Crippen LogP contribution in [-0.4, -0.2) is 16.7 Å². The summed E-state index contributed by atoms with van der Waals surface area (Å²) in [5.74, 6) is 0.746. The number of halogens is 1. The maximum Gasteiger partial charge on any atom is 0.155 e. The van der Waals surface area contributed by atoms with E-state index in [0.717, 1.165) is 35.2 Å². The molecule has 2 rings (SSSR count). The third-order valence-corrected chi connectivity index (χ3v) is 4.23. The third-order valence-electron chi connectivity index (χ3n) is 2.99. The molecule has 0 aliphatic heterocycles. The molecule has 2 aromatic rings. The Morgan fingerprint density at radius 1 is 1.33 bits per heavy atom. The van der Waals surface area contributed by atoms with E-state index in [9.17, 15) is 0 Å². The van der Waals surface area contributed by atoms with Crippen molar-refractivity contribution in [2.24, 2.45) is 0 Å². The van der Waals surface area contributed by atoms with E-state index in [1.54, 1.807) is 17.4 Å². The van der Waals surface area contributed by atoms with Crippen LogP contribution in [0.5, 0.6) is 5.75 Å². The Balaban J connectivity index is 1.93. The summed E-state index contributed by atoms with van der Waals surface area (Å²) >= 11 is 7.52. The average Bonchev–Trinajstić information content (AvgIpc) is 2.95. The molecule has 0 saturated carbocycles. The number of hydrogen-bond donors (Lipinski definition) is 1. The quantitative estimate of drug-likeness (QED) is 0.789. The molecule has 1 aromatic carbocycles. The van der Waals surface area contributed by atoms with Gasteiger partial charge in [-0.2, -0.15) is 0 Å². The van der Waals surface area contributed by atoms with Gasteiger partial charge in [-0.15, -0.1) is 10.2 Å². The van der Waals surface area contributed by atoms with E-state index in [0.29, 0.717) is 11.6 Å². The van der Waals surface area contributed by atoms with Crippen molar-refractivity contribution in [1.29, 1.82) is 0 Å². The van der Waals surface area contributed by atoms with Gasteiger partial charge in [0.15, 0.2) is 5.01 Å². The van der Waals surface area contributed by atoms with E-state index >= 15 is 0 Å². The zero-order valence-electron chi connectivity index (χ0n) is 12.3. The van der Waals surface area contributed by atoms with Crippen LogP contribution >= 0.6 is 22.9 Å². The van der Waals surface area contributed by atoms with Gasteiger partial charge >= 0.3 is 0 Å². The first-order valence-electron chi connectivity index (χ1n) is 7.17. The molecule has 1 aromatic heterocycles. The van der Waals surface area contributed by atoms with Crippen LogP contribution in [0.3, 0.4) is 0 Å². The molecule has 0 spiro atoms. The normalized spacial score (nSPS) is 12.3. The fraction of sp³-hybridized carbons (Fsp3) is 0.467. The van der Waals surface area contributed by atoms with Crippen LogP contribution in [-0.2, 0) is 6.61 Å². The first-order chi connectivity index (χ1) is 10.2. The van der Waals surface area contributed by atoms with Crippen LogP contribution in [0.25, 0.3) is 0 Å². The second-order valence-electron chi connectivity index (χ2n) is 4.70. The average molecular weight is 326 g/mol. The Morgan fingerprint density at radius 2 is 2.19 bits per heavy atom. The number of nitrogens with zero attached hydrogens (tertiary/aromatic N) is 2. The Labute approximate surface area is 134 Å². The summed E-state index contributed by atoms with van der Waals surface area (Å²) in [7, 11) is 0. The van der Waals surface area contributed by atoms with E-state index in [-0.39, 0.29) is 6.04 Å². The highest BCUT2D eigenvalue weighted by molar-refractivity contribution is 7.11. The minimum atomic E-state index is 0.280. The standard InChI is InChI=1S/C15H20ClN3OS/c1-3-8-17-13(4-2)15-19-18-14(21-15)10-20-12-7-5-6-11(16)9-12/h5-7,9,13,17H,3-4,8,10H2,1-2H3. The Kier molecular flexibility index (Phi) is 6.42. The number of hydrogen-bond acceptors (Lipinski definition) is 5. The molecule has 0 aliphatic carbocycles. The van der Waals surface area contributed by atoms with Crippen molar-refractivity contribution in [1.82, 2.24) is 15.5 Å². The van der Waals surface area contributed by atoms with Gasteiger partial charge in [-0.3, -0.25) is 0 Å². The van der Waals surface area contributed by atoms with E-state index in [4.69, 9.17) is 16.3 Å².